The molecule has 3 heteroatoms. The molecule has 0 saturated heterocycles. The second kappa shape index (κ2) is 4.98. The van der Waals surface area contributed by atoms with E-state index in [1.54, 1.807) is 0 Å². The van der Waals surface area contributed by atoms with Crippen LogP contribution in [0.2, 0.25) is 0 Å². The summed E-state index contributed by atoms with van der Waals surface area (Å²) in [5.41, 5.74) is 2.78. The molecule has 92 valence electrons. The first-order chi connectivity index (χ1) is 7.35. The van der Waals surface area contributed by atoms with Gasteiger partial charge in [-0.15, -0.1) is 5.10 Å². The van der Waals surface area contributed by atoms with Crippen molar-refractivity contribution in [2.24, 2.45) is 5.41 Å². The van der Waals surface area contributed by atoms with Crippen LogP contribution < -0.4 is 0 Å². The van der Waals surface area contributed by atoms with Crippen LogP contribution in [0.25, 0.3) is 0 Å². The molecule has 0 aliphatic rings. The van der Waals surface area contributed by atoms with Crippen LogP contribution in [0.3, 0.4) is 0 Å². The summed E-state index contributed by atoms with van der Waals surface area (Å²) in [5, 5.41) is 8.61. The second-order valence-corrected chi connectivity index (χ2v) is 6.04. The van der Waals surface area contributed by atoms with Crippen molar-refractivity contribution in [3.63, 3.8) is 0 Å². The molecule has 0 fully saturated rings. The van der Waals surface area contributed by atoms with Crippen molar-refractivity contribution < 1.29 is 0 Å². The van der Waals surface area contributed by atoms with Crippen molar-refractivity contribution in [2.75, 3.05) is 0 Å². The molecule has 0 spiro atoms. The summed E-state index contributed by atoms with van der Waals surface area (Å²) in [6, 6.07) is 0. The quantitative estimate of drug-likeness (QED) is 0.783. The highest BCUT2D eigenvalue weighted by atomic mass is 15.4. The highest BCUT2D eigenvalue weighted by Crippen LogP contribution is 2.25. The van der Waals surface area contributed by atoms with Crippen molar-refractivity contribution in [1.82, 2.24) is 15.0 Å². The maximum atomic E-state index is 4.33. The molecule has 16 heavy (non-hydrogen) atoms. The topological polar surface area (TPSA) is 30.7 Å². The number of aryl methyl sites for hydroxylation is 1. The number of hydrogen-bond donors (Lipinski definition) is 0. The smallest absolute Gasteiger partial charge is 0.0884 e. The summed E-state index contributed by atoms with van der Waals surface area (Å²) < 4.78 is 2.08. The fourth-order valence-corrected chi connectivity index (χ4v) is 1.87. The summed E-state index contributed by atoms with van der Waals surface area (Å²) in [7, 11) is 0. The Morgan fingerprint density at radius 1 is 1.25 bits per heavy atom. The van der Waals surface area contributed by atoms with Crippen LogP contribution in [-0.4, -0.2) is 15.0 Å². The monoisotopic (exact) mass is 223 g/mol. The maximum Gasteiger partial charge on any atom is 0.0884 e. The molecule has 0 aliphatic heterocycles. The van der Waals surface area contributed by atoms with Crippen molar-refractivity contribution in [3.8, 4) is 0 Å². The van der Waals surface area contributed by atoms with Crippen molar-refractivity contribution in [3.05, 3.63) is 11.4 Å². The lowest BCUT2D eigenvalue weighted by molar-refractivity contribution is 0.389. The molecule has 0 aliphatic carbocycles. The molecule has 0 atom stereocenters. The molecule has 0 unspecified atom stereocenters. The summed E-state index contributed by atoms with van der Waals surface area (Å²) in [4.78, 5) is 0. The highest BCUT2D eigenvalue weighted by molar-refractivity contribution is 5.15. The van der Waals surface area contributed by atoms with Gasteiger partial charge in [0, 0.05) is 6.54 Å². The van der Waals surface area contributed by atoms with Gasteiger partial charge in [-0.2, -0.15) is 0 Å². The largest absolute Gasteiger partial charge is 0.249 e. The molecule has 1 aromatic rings. The van der Waals surface area contributed by atoms with Gasteiger partial charge in [0.15, 0.2) is 0 Å². The van der Waals surface area contributed by atoms with E-state index in [0.717, 1.165) is 19.4 Å². The zero-order valence-corrected chi connectivity index (χ0v) is 11.5. The molecular formula is C13H25N3. The van der Waals surface area contributed by atoms with Crippen LogP contribution in [0.1, 0.15) is 65.3 Å². The van der Waals surface area contributed by atoms with Crippen LogP contribution in [0.5, 0.6) is 0 Å². The van der Waals surface area contributed by atoms with E-state index in [1.807, 2.05) is 0 Å². The van der Waals surface area contributed by atoms with Gasteiger partial charge in [-0.05, 0) is 24.2 Å². The Balaban J connectivity index is 3.04. The highest BCUT2D eigenvalue weighted by Gasteiger charge is 2.21. The Labute approximate surface area is 99.2 Å². The maximum absolute atomic E-state index is 4.33. The molecule has 1 heterocycles. The van der Waals surface area contributed by atoms with E-state index in [4.69, 9.17) is 0 Å². The lowest BCUT2D eigenvalue weighted by Crippen LogP contribution is -2.16. The van der Waals surface area contributed by atoms with Crippen LogP contribution in [0, 0.1) is 5.41 Å². The SMILES string of the molecule is CCCn1nnc(C(C)C)c1CC(C)(C)C. The van der Waals surface area contributed by atoms with E-state index >= 15 is 0 Å². The zero-order valence-electron chi connectivity index (χ0n) is 11.5. The number of nitrogens with zero attached hydrogens (tertiary/aromatic N) is 3. The third-order valence-corrected chi connectivity index (χ3v) is 2.55. The molecule has 1 rings (SSSR count). The van der Waals surface area contributed by atoms with Crippen LogP contribution in [-0.2, 0) is 13.0 Å². The van der Waals surface area contributed by atoms with Crippen molar-refractivity contribution in [1.29, 1.82) is 0 Å². The van der Waals surface area contributed by atoms with Crippen molar-refractivity contribution >= 4 is 0 Å². The van der Waals surface area contributed by atoms with Gasteiger partial charge in [0.1, 0.15) is 0 Å². The summed E-state index contributed by atoms with van der Waals surface area (Å²) >= 11 is 0. The summed E-state index contributed by atoms with van der Waals surface area (Å²) in [5.74, 6) is 0.461. The minimum absolute atomic E-state index is 0.289. The third kappa shape index (κ3) is 3.32. The Morgan fingerprint density at radius 3 is 2.31 bits per heavy atom. The van der Waals surface area contributed by atoms with Gasteiger partial charge in [-0.25, -0.2) is 4.68 Å². The molecule has 0 saturated carbocycles. The van der Waals surface area contributed by atoms with E-state index in [0.29, 0.717) is 5.92 Å². The average Bonchev–Trinajstić information content (AvgIpc) is 2.47. The zero-order chi connectivity index (χ0) is 12.3. The Morgan fingerprint density at radius 2 is 1.88 bits per heavy atom. The normalized spacial score (nSPS) is 12.4. The fraction of sp³-hybridized carbons (Fsp3) is 0.846. The molecule has 3 nitrogen and oxygen atoms in total. The number of aromatic nitrogens is 3. The first-order valence-electron chi connectivity index (χ1n) is 6.27. The lowest BCUT2D eigenvalue weighted by atomic mass is 9.88. The van der Waals surface area contributed by atoms with E-state index in [2.05, 4.69) is 56.5 Å². The fourth-order valence-electron chi connectivity index (χ4n) is 1.87. The third-order valence-electron chi connectivity index (χ3n) is 2.55. The standard InChI is InChI=1S/C13H25N3/c1-7-8-16-11(9-13(4,5)6)12(10(2)3)14-15-16/h10H,7-9H2,1-6H3. The summed E-state index contributed by atoms with van der Waals surface area (Å²) in [6.45, 7) is 14.3. The molecule has 0 radical (unpaired) electrons. The Hall–Kier alpha value is -0.860. The average molecular weight is 223 g/mol. The molecular weight excluding hydrogens is 198 g/mol. The number of rotatable bonds is 4. The van der Waals surface area contributed by atoms with E-state index in [9.17, 15) is 0 Å². The minimum atomic E-state index is 0.289. The molecule has 0 amide bonds. The van der Waals surface area contributed by atoms with Gasteiger partial charge < -0.3 is 0 Å². The molecule has 0 bridgehead atoms. The van der Waals surface area contributed by atoms with E-state index in [1.165, 1.54) is 11.4 Å². The van der Waals surface area contributed by atoms with E-state index in [-0.39, 0.29) is 5.41 Å². The number of hydrogen-bond acceptors (Lipinski definition) is 2. The Kier molecular flexibility index (Phi) is 4.11. The molecule has 0 aromatic carbocycles. The molecule has 1 aromatic heterocycles. The lowest BCUT2D eigenvalue weighted by Gasteiger charge is -2.20. The van der Waals surface area contributed by atoms with Crippen LogP contribution in [0.4, 0.5) is 0 Å². The predicted octanol–water partition coefficient (Wildman–Crippen LogP) is 3.40. The van der Waals surface area contributed by atoms with Crippen LogP contribution >= 0.6 is 0 Å². The van der Waals surface area contributed by atoms with E-state index < -0.39 is 0 Å². The first kappa shape index (κ1) is 13.2. The van der Waals surface area contributed by atoms with Crippen molar-refractivity contribution in [2.45, 2.75) is 66.8 Å². The van der Waals surface area contributed by atoms with Gasteiger partial charge in [0.2, 0.25) is 0 Å². The second-order valence-electron chi connectivity index (χ2n) is 6.04. The molecule has 0 N–H and O–H groups in total. The van der Waals surface area contributed by atoms with Crippen LogP contribution in [0.15, 0.2) is 0 Å². The van der Waals surface area contributed by atoms with Gasteiger partial charge in [0.25, 0.3) is 0 Å². The van der Waals surface area contributed by atoms with Gasteiger partial charge in [-0.1, -0.05) is 46.8 Å². The minimum Gasteiger partial charge on any atom is -0.249 e. The Bertz CT molecular complexity index is 331. The first-order valence-corrected chi connectivity index (χ1v) is 6.27. The van der Waals surface area contributed by atoms with Gasteiger partial charge in [-0.3, -0.25) is 0 Å². The van der Waals surface area contributed by atoms with Gasteiger partial charge >= 0.3 is 0 Å². The summed E-state index contributed by atoms with van der Waals surface area (Å²) in [6.07, 6.45) is 2.16. The van der Waals surface area contributed by atoms with Gasteiger partial charge in [0.05, 0.1) is 11.4 Å². The predicted molar refractivity (Wildman–Crippen MR) is 67.6 cm³/mol.